The van der Waals surface area contributed by atoms with Gasteiger partial charge in [-0.2, -0.15) is 26.3 Å². The van der Waals surface area contributed by atoms with Crippen LogP contribution >= 0.6 is 47.0 Å². The van der Waals surface area contributed by atoms with Gasteiger partial charge in [0.25, 0.3) is 23.6 Å². The molecule has 26 nitrogen and oxygen atoms in total. The van der Waals surface area contributed by atoms with E-state index in [1.807, 2.05) is 0 Å². The minimum atomic E-state index is -4.69. The van der Waals surface area contributed by atoms with Crippen molar-refractivity contribution in [1.82, 2.24) is 60.8 Å². The summed E-state index contributed by atoms with van der Waals surface area (Å²) in [5.41, 5.74) is -3.12. The first-order chi connectivity index (χ1) is 35.8. The number of hydrogen-bond acceptors (Lipinski definition) is 22. The number of tetrazole rings is 2. The molecule has 0 saturated carbocycles. The van der Waals surface area contributed by atoms with Crippen LogP contribution in [0.25, 0.3) is 0 Å². The molecule has 0 aliphatic carbocycles. The van der Waals surface area contributed by atoms with Gasteiger partial charge in [-0.3, -0.25) is 38.6 Å². The Morgan fingerprint density at radius 1 is 0.654 bits per heavy atom. The molecule has 0 spiro atoms. The smallest absolute Gasteiger partial charge is 0.543 e. The minimum absolute atomic E-state index is 0. The largest absolute Gasteiger partial charge is 1.00 e. The number of aliphatic hydroxyl groups is 2. The van der Waals surface area contributed by atoms with Crippen LogP contribution in [-0.2, 0) is 63.8 Å². The number of nitrogens with zero attached hydrogens (tertiary/aromatic N) is 10. The summed E-state index contributed by atoms with van der Waals surface area (Å²) in [6.07, 6.45) is -13.4. The van der Waals surface area contributed by atoms with E-state index in [-0.39, 0.29) is 158 Å². The summed E-state index contributed by atoms with van der Waals surface area (Å²) in [6, 6.07) is 4.60. The number of fused-ring (bicyclic) bond motifs is 2. The van der Waals surface area contributed by atoms with Crippen molar-refractivity contribution < 1.29 is 198 Å². The summed E-state index contributed by atoms with van der Waals surface area (Å²) in [6.45, 7) is -1.03. The van der Waals surface area contributed by atoms with Crippen molar-refractivity contribution in [2.75, 3.05) is 23.0 Å². The molecule has 4 amide bonds. The van der Waals surface area contributed by atoms with Crippen LogP contribution in [0.3, 0.4) is 0 Å². The van der Waals surface area contributed by atoms with Crippen LogP contribution in [0.5, 0.6) is 0 Å². The Morgan fingerprint density at radius 2 is 1.01 bits per heavy atom. The third-order valence-electron chi connectivity index (χ3n) is 11.0. The molecule has 78 heavy (non-hydrogen) atoms. The number of amides is 4. The molecule has 6 N–H and O–H groups in total. The van der Waals surface area contributed by atoms with E-state index >= 15 is 0 Å². The second-order valence-corrected chi connectivity index (χ2v) is 20.0. The zero-order chi connectivity index (χ0) is 55.6. The van der Waals surface area contributed by atoms with E-state index in [1.165, 1.54) is 0 Å². The molecule has 4 aromatic rings. The fourth-order valence-corrected chi connectivity index (χ4v) is 12.2. The van der Waals surface area contributed by atoms with Crippen LogP contribution in [-0.4, -0.2) is 164 Å². The number of carboxylic acid groups (broad SMARTS) is 4. The van der Waals surface area contributed by atoms with Crippen LogP contribution in [0.4, 0.5) is 26.3 Å². The number of carbonyl (C=O) groups is 8. The van der Waals surface area contributed by atoms with E-state index in [0.29, 0.717) is 12.1 Å². The Labute approximate surface area is 534 Å². The average molecular weight is 1230 g/mol. The van der Waals surface area contributed by atoms with Crippen LogP contribution < -0.4 is 124 Å². The van der Waals surface area contributed by atoms with Crippen LogP contribution in [0.2, 0.25) is 0 Å². The molecule has 6 heterocycles. The van der Waals surface area contributed by atoms with Crippen molar-refractivity contribution >= 4 is 94.6 Å². The number of aliphatic carboxylic acids is 4. The van der Waals surface area contributed by atoms with E-state index in [0.717, 1.165) is 103 Å². The summed E-state index contributed by atoms with van der Waals surface area (Å²) in [5.74, 6) is -9.44. The molecule has 2 fully saturated rings. The maximum Gasteiger partial charge on any atom is 1.00 e. The number of halogens is 6. The first-order valence-electron chi connectivity index (χ1n) is 21.1. The van der Waals surface area contributed by atoms with Gasteiger partial charge in [-0.1, -0.05) is 47.8 Å². The number of carboxylic acids is 4. The summed E-state index contributed by atoms with van der Waals surface area (Å²) in [4.78, 5) is 98.0. The number of rotatable bonds is 18. The summed E-state index contributed by atoms with van der Waals surface area (Å²) < 4.78 is 79.7. The van der Waals surface area contributed by atoms with E-state index in [9.17, 15) is 85.1 Å². The molecule has 8 rings (SSSR count). The molecular weight excluding hydrogens is 1190 g/mol. The van der Waals surface area contributed by atoms with E-state index in [1.54, 1.807) is 0 Å². The topological polar surface area (TPSA) is 381 Å². The molecular formula is C40H32F6K2N12O14S4. The predicted octanol–water partition coefficient (Wildman–Crippen LogP) is -7.98. The second-order valence-electron chi connectivity index (χ2n) is 15.9. The number of hydrogen-bond donors (Lipinski definition) is 6. The Morgan fingerprint density at radius 3 is 1.33 bits per heavy atom. The zero-order valence-corrected chi connectivity index (χ0v) is 49.1. The molecule has 2 saturated heterocycles. The molecule has 0 radical (unpaired) electrons. The SMILES string of the molecule is O=C(O)Cn1nnnc1SCC1=C(C(=O)[O-])N2C(=O)C(NC(=O)[C@H](O)c3cccc(C(F)(F)F)c3)[C@H]2SC1.O=C(O)Cn1nnnc1SCC1=C(C(=O)[O-])N2C(=O)C(NC(=O)[C@H](O)c3cccc(C(F)(F)F)c3)[C@H]2SC1.[K+].[K+]. The molecule has 4 aliphatic rings. The average Bonchev–Trinajstić information content (AvgIpc) is 4.03. The Balaban J connectivity index is 0.000000280. The number of aromatic nitrogens is 8. The van der Waals surface area contributed by atoms with Gasteiger partial charge in [0.2, 0.25) is 10.3 Å². The fraction of sp³-hybridized carbons (Fsp3) is 0.350. The van der Waals surface area contributed by atoms with Gasteiger partial charge in [0, 0.05) is 23.0 Å². The first kappa shape index (κ1) is 64.8. The quantitative estimate of drug-likeness (QED) is 0.0233. The monoisotopic (exact) mass is 1220 g/mol. The number of carbonyl (C=O) groups excluding carboxylic acids is 6. The second kappa shape index (κ2) is 27.2. The third kappa shape index (κ3) is 14.9. The maximum absolute atomic E-state index is 13.0. The standard InChI is InChI=1S/2C20H17F3N6O7S2.2K/c2*21-20(22,23)10-3-1-2-8(4-10)14(32)15(33)24-12-16(34)29-13(18(35)36)9(6-37-17(12)29)7-38-19-25-26-27-28(19)5-11(30)31;;/h2*1-4,12,14,17,32H,5-7H2,(H,24,33)(H,30,31)(H,35,36);;/q;;2*+1/p-2/t2*12?,14-,17-;;/m11../s1. The number of alkyl halides is 6. The van der Waals surface area contributed by atoms with E-state index in [2.05, 4.69) is 41.7 Å². The first-order valence-corrected chi connectivity index (χ1v) is 25.1. The molecule has 38 heteroatoms. The van der Waals surface area contributed by atoms with Gasteiger partial charge in [-0.25, -0.2) is 9.36 Å². The number of thioether (sulfide) groups is 4. The fourth-order valence-electron chi connectivity index (χ4n) is 7.46. The minimum Gasteiger partial charge on any atom is -0.543 e. The van der Waals surface area contributed by atoms with Crippen molar-refractivity contribution in [2.45, 2.75) is 70.8 Å². The van der Waals surface area contributed by atoms with Gasteiger partial charge in [0.1, 0.15) is 35.9 Å². The molecule has 2 aromatic heterocycles. The van der Waals surface area contributed by atoms with Gasteiger partial charge < -0.3 is 50.9 Å². The van der Waals surface area contributed by atoms with Crippen molar-refractivity contribution in [2.24, 2.45) is 0 Å². The maximum atomic E-state index is 13.0. The number of nitrogens with one attached hydrogen (secondary N) is 2. The van der Waals surface area contributed by atoms with Crippen molar-refractivity contribution in [3.63, 3.8) is 0 Å². The Kier molecular flexibility index (Phi) is 22.6. The van der Waals surface area contributed by atoms with Crippen molar-refractivity contribution in [3.05, 3.63) is 93.3 Å². The summed E-state index contributed by atoms with van der Waals surface area (Å²) in [5, 5.41) is 86.4. The molecule has 404 valence electrons. The van der Waals surface area contributed by atoms with Crippen LogP contribution in [0.15, 0.2) is 81.4 Å². The summed E-state index contributed by atoms with van der Waals surface area (Å²) >= 11 is 4.11. The Bertz CT molecular complexity index is 2880. The molecule has 6 atom stereocenters. The van der Waals surface area contributed by atoms with Gasteiger partial charge in [-0.05, 0) is 67.4 Å². The molecule has 0 bridgehead atoms. The van der Waals surface area contributed by atoms with Gasteiger partial charge >= 0.3 is 127 Å². The van der Waals surface area contributed by atoms with E-state index in [4.69, 9.17) is 10.2 Å². The summed E-state index contributed by atoms with van der Waals surface area (Å²) in [7, 11) is 0. The van der Waals surface area contributed by atoms with Gasteiger partial charge in [0.15, 0.2) is 12.2 Å². The molecule has 2 unspecified atom stereocenters. The number of β-lactam (4-membered cyclic amide) rings is 2. The Hall–Kier alpha value is -4.01. The van der Waals surface area contributed by atoms with Crippen LogP contribution in [0, 0.1) is 0 Å². The normalized spacial score (nSPS) is 19.5. The molecule has 2 aromatic carbocycles. The molecule has 4 aliphatic heterocycles. The van der Waals surface area contributed by atoms with Gasteiger partial charge in [-0.15, -0.1) is 33.7 Å². The van der Waals surface area contributed by atoms with E-state index < -0.39 is 131 Å². The van der Waals surface area contributed by atoms with Crippen molar-refractivity contribution in [1.29, 1.82) is 0 Å². The number of aliphatic hydroxyl groups excluding tert-OH is 2. The third-order valence-corrected chi connectivity index (χ3v) is 15.7. The van der Waals surface area contributed by atoms with Gasteiger partial charge in [0.05, 0.1) is 34.5 Å². The van der Waals surface area contributed by atoms with Crippen molar-refractivity contribution in [3.8, 4) is 0 Å². The zero-order valence-electron chi connectivity index (χ0n) is 39.6. The predicted molar refractivity (Wildman–Crippen MR) is 239 cm³/mol. The van der Waals surface area contributed by atoms with Crippen LogP contribution in [0.1, 0.15) is 34.5 Å². The number of benzene rings is 2.